The second-order valence-corrected chi connectivity index (χ2v) is 4.21. The Labute approximate surface area is 108 Å². The third kappa shape index (κ3) is 2.99. The predicted molar refractivity (Wildman–Crippen MR) is 58.4 cm³/mol. The predicted octanol–water partition coefficient (Wildman–Crippen LogP) is 3.05. The minimum absolute atomic E-state index is 0.0973. The molecule has 1 aromatic heterocycles. The van der Waals surface area contributed by atoms with Crippen LogP contribution in [0.4, 0.5) is 13.2 Å². The van der Waals surface area contributed by atoms with Gasteiger partial charge in [-0.05, 0) is 12.1 Å². The molecule has 100 valence electrons. The van der Waals surface area contributed by atoms with Crippen molar-refractivity contribution in [2.75, 3.05) is 0 Å². The van der Waals surface area contributed by atoms with Gasteiger partial charge in [0, 0.05) is 0 Å². The lowest BCUT2D eigenvalue weighted by molar-refractivity contribution is -0.138. The summed E-state index contributed by atoms with van der Waals surface area (Å²) in [7, 11) is 0. The number of benzene rings is 1. The summed E-state index contributed by atoms with van der Waals surface area (Å²) in [5.41, 5.74) is -0.175. The van der Waals surface area contributed by atoms with E-state index in [2.05, 4.69) is 10.2 Å². The summed E-state index contributed by atoms with van der Waals surface area (Å²) in [5.74, 6) is -1.35. The molecule has 0 fully saturated rings. The summed E-state index contributed by atoms with van der Waals surface area (Å²) in [6, 6.07) is 5.55. The number of ether oxygens (including phenoxy) is 1. The van der Waals surface area contributed by atoms with Crippen LogP contribution in [-0.2, 0) is 6.18 Å². The molecule has 0 aliphatic heterocycles. The fraction of sp³-hybridized carbons (Fsp3) is 0.100. The van der Waals surface area contributed by atoms with Gasteiger partial charge in [0.25, 0.3) is 5.19 Å². The number of halogens is 3. The van der Waals surface area contributed by atoms with E-state index in [1.165, 1.54) is 24.3 Å². The van der Waals surface area contributed by atoms with E-state index in [1.807, 2.05) is 0 Å². The van der Waals surface area contributed by atoms with Crippen LogP contribution < -0.4 is 4.74 Å². The third-order valence-corrected chi connectivity index (χ3v) is 2.81. The van der Waals surface area contributed by atoms with Gasteiger partial charge < -0.3 is 9.84 Å². The number of rotatable bonds is 3. The molecule has 0 atom stereocenters. The number of nitrogens with zero attached hydrogens (tertiary/aromatic N) is 2. The van der Waals surface area contributed by atoms with Crippen LogP contribution in [0.5, 0.6) is 10.9 Å². The number of carboxylic acids is 1. The van der Waals surface area contributed by atoms with Gasteiger partial charge in [0.2, 0.25) is 5.01 Å². The van der Waals surface area contributed by atoms with Crippen molar-refractivity contribution in [3.05, 3.63) is 34.8 Å². The molecule has 0 aliphatic rings. The van der Waals surface area contributed by atoms with Crippen LogP contribution in [-0.4, -0.2) is 21.3 Å². The van der Waals surface area contributed by atoms with E-state index in [9.17, 15) is 18.0 Å². The molecule has 0 aliphatic carbocycles. The zero-order valence-corrected chi connectivity index (χ0v) is 9.83. The van der Waals surface area contributed by atoms with Crippen molar-refractivity contribution in [1.82, 2.24) is 10.2 Å². The van der Waals surface area contributed by atoms with Gasteiger partial charge in [-0.1, -0.05) is 28.6 Å². The molecule has 1 N–H and O–H groups in total. The second-order valence-electron chi connectivity index (χ2n) is 3.27. The normalized spacial score (nSPS) is 11.3. The molecular weight excluding hydrogens is 285 g/mol. The molecule has 0 bridgehead atoms. The van der Waals surface area contributed by atoms with Gasteiger partial charge in [-0.2, -0.15) is 13.2 Å². The molecule has 2 rings (SSSR count). The highest BCUT2D eigenvalue weighted by atomic mass is 32.1. The SMILES string of the molecule is O=C(O)c1ccccc1Oc1nnc(C(F)(F)F)s1. The van der Waals surface area contributed by atoms with Crippen LogP contribution in [0, 0.1) is 0 Å². The van der Waals surface area contributed by atoms with Crippen molar-refractivity contribution in [3.8, 4) is 10.9 Å². The van der Waals surface area contributed by atoms with Crippen molar-refractivity contribution >= 4 is 17.3 Å². The van der Waals surface area contributed by atoms with Gasteiger partial charge in [-0.25, -0.2) is 4.79 Å². The lowest BCUT2D eigenvalue weighted by Crippen LogP contribution is -2.03. The average Bonchev–Trinajstić information content (AvgIpc) is 2.77. The number of aromatic nitrogens is 2. The number of hydrogen-bond acceptors (Lipinski definition) is 5. The fourth-order valence-corrected chi connectivity index (χ4v) is 1.77. The van der Waals surface area contributed by atoms with Crippen LogP contribution >= 0.6 is 11.3 Å². The van der Waals surface area contributed by atoms with E-state index >= 15 is 0 Å². The maximum absolute atomic E-state index is 12.3. The molecule has 2 aromatic rings. The van der Waals surface area contributed by atoms with E-state index in [0.717, 1.165) is 0 Å². The maximum atomic E-state index is 12.3. The van der Waals surface area contributed by atoms with Crippen LogP contribution in [0.25, 0.3) is 0 Å². The molecule has 1 heterocycles. The van der Waals surface area contributed by atoms with E-state index in [4.69, 9.17) is 9.84 Å². The summed E-state index contributed by atoms with van der Waals surface area (Å²) >= 11 is 0.193. The van der Waals surface area contributed by atoms with Gasteiger partial charge in [0.15, 0.2) is 0 Å². The number of alkyl halides is 3. The van der Waals surface area contributed by atoms with Crippen molar-refractivity contribution in [1.29, 1.82) is 0 Å². The smallest absolute Gasteiger partial charge is 0.445 e. The van der Waals surface area contributed by atoms with Crippen LogP contribution in [0.3, 0.4) is 0 Å². The van der Waals surface area contributed by atoms with Crippen LogP contribution in [0.1, 0.15) is 15.4 Å². The van der Waals surface area contributed by atoms with Gasteiger partial charge in [0.1, 0.15) is 11.3 Å². The highest BCUT2D eigenvalue weighted by Gasteiger charge is 2.36. The largest absolute Gasteiger partial charge is 0.478 e. The summed E-state index contributed by atoms with van der Waals surface area (Å²) in [4.78, 5) is 10.9. The first-order valence-electron chi connectivity index (χ1n) is 4.79. The van der Waals surface area contributed by atoms with E-state index in [-0.39, 0.29) is 27.8 Å². The molecule has 0 unspecified atom stereocenters. The highest BCUT2D eigenvalue weighted by Crippen LogP contribution is 2.36. The Kier molecular flexibility index (Phi) is 3.38. The molecule has 0 radical (unpaired) electrons. The zero-order chi connectivity index (χ0) is 14.0. The molecule has 9 heteroatoms. The Balaban J connectivity index is 2.27. The number of carbonyl (C=O) groups is 1. The Hall–Kier alpha value is -2.16. The minimum atomic E-state index is -4.61. The summed E-state index contributed by atoms with van der Waals surface area (Å²) in [5, 5.41) is 13.5. The summed E-state index contributed by atoms with van der Waals surface area (Å²) in [6.45, 7) is 0. The highest BCUT2D eigenvalue weighted by molar-refractivity contribution is 7.13. The maximum Gasteiger partial charge on any atom is 0.445 e. The molecule has 5 nitrogen and oxygen atoms in total. The number of aromatic carboxylic acids is 1. The number of para-hydroxylation sites is 1. The molecule has 0 saturated carbocycles. The Morgan fingerprint density at radius 3 is 2.53 bits per heavy atom. The minimum Gasteiger partial charge on any atom is -0.478 e. The van der Waals surface area contributed by atoms with Gasteiger partial charge >= 0.3 is 12.1 Å². The Bertz CT molecular complexity index is 612. The Morgan fingerprint density at radius 2 is 1.95 bits per heavy atom. The lowest BCUT2D eigenvalue weighted by Gasteiger charge is -2.04. The molecule has 1 aromatic carbocycles. The third-order valence-electron chi connectivity index (χ3n) is 1.96. The van der Waals surface area contributed by atoms with Gasteiger partial charge in [-0.15, -0.1) is 5.10 Å². The van der Waals surface area contributed by atoms with Crippen molar-refractivity contribution in [2.45, 2.75) is 6.18 Å². The summed E-state index contributed by atoms with van der Waals surface area (Å²) in [6.07, 6.45) is -4.61. The number of hydrogen-bond donors (Lipinski definition) is 1. The quantitative estimate of drug-likeness (QED) is 0.940. The fourth-order valence-electron chi connectivity index (χ4n) is 1.19. The standard InChI is InChI=1S/C10H5F3N2O3S/c11-10(12,13)8-14-15-9(19-8)18-6-4-2-1-3-5(6)7(16)17/h1-4H,(H,16,17). The van der Waals surface area contributed by atoms with Gasteiger partial charge in [0.05, 0.1) is 0 Å². The number of carboxylic acid groups (broad SMARTS) is 1. The molecule has 0 spiro atoms. The van der Waals surface area contributed by atoms with Crippen molar-refractivity contribution < 1.29 is 27.8 Å². The van der Waals surface area contributed by atoms with Crippen LogP contribution in [0.15, 0.2) is 24.3 Å². The first-order chi connectivity index (χ1) is 8.88. The van der Waals surface area contributed by atoms with E-state index in [0.29, 0.717) is 0 Å². The monoisotopic (exact) mass is 290 g/mol. The van der Waals surface area contributed by atoms with Crippen molar-refractivity contribution in [3.63, 3.8) is 0 Å². The first-order valence-corrected chi connectivity index (χ1v) is 5.60. The molecule has 0 amide bonds. The lowest BCUT2D eigenvalue weighted by atomic mass is 10.2. The average molecular weight is 290 g/mol. The van der Waals surface area contributed by atoms with Gasteiger partial charge in [-0.3, -0.25) is 0 Å². The molecular formula is C10H5F3N2O3S. The molecule has 0 saturated heterocycles. The summed E-state index contributed by atoms with van der Waals surface area (Å²) < 4.78 is 41.9. The van der Waals surface area contributed by atoms with Crippen LogP contribution in [0.2, 0.25) is 0 Å². The van der Waals surface area contributed by atoms with Crippen molar-refractivity contribution in [2.24, 2.45) is 0 Å². The topological polar surface area (TPSA) is 72.3 Å². The Morgan fingerprint density at radius 1 is 1.26 bits per heavy atom. The molecule has 19 heavy (non-hydrogen) atoms. The van der Waals surface area contributed by atoms with E-state index < -0.39 is 17.2 Å². The second kappa shape index (κ2) is 4.84. The zero-order valence-electron chi connectivity index (χ0n) is 9.01. The first kappa shape index (κ1) is 13.3. The van der Waals surface area contributed by atoms with E-state index in [1.54, 1.807) is 0 Å².